The number of ether oxygens (including phenoxy) is 2. The Kier molecular flexibility index (Phi) is 6.39. The SMILES string of the molecule is COCCN(CCOC)Cc1cnn(-c2ccccc2)c1N. The maximum atomic E-state index is 6.25. The van der Waals surface area contributed by atoms with E-state index in [1.54, 1.807) is 18.9 Å². The van der Waals surface area contributed by atoms with Gasteiger partial charge in [0, 0.05) is 39.4 Å². The molecule has 0 aliphatic heterocycles. The van der Waals surface area contributed by atoms with Crippen molar-refractivity contribution in [3.8, 4) is 5.69 Å². The molecular formula is C16H24N4O2. The van der Waals surface area contributed by atoms with Crippen LogP contribution >= 0.6 is 0 Å². The normalized spacial score (nSPS) is 11.2. The molecule has 120 valence electrons. The van der Waals surface area contributed by atoms with Crippen LogP contribution in [-0.2, 0) is 16.0 Å². The highest BCUT2D eigenvalue weighted by atomic mass is 16.5. The van der Waals surface area contributed by atoms with E-state index in [0.29, 0.717) is 19.0 Å². The van der Waals surface area contributed by atoms with Crippen LogP contribution < -0.4 is 5.73 Å². The molecule has 6 nitrogen and oxygen atoms in total. The number of nitrogen functional groups attached to an aromatic ring is 1. The number of methoxy groups -OCH3 is 2. The molecule has 6 heteroatoms. The molecule has 2 rings (SSSR count). The largest absolute Gasteiger partial charge is 0.383 e. The number of aromatic nitrogens is 2. The molecule has 0 aliphatic carbocycles. The van der Waals surface area contributed by atoms with Crippen molar-refractivity contribution in [2.45, 2.75) is 6.54 Å². The lowest BCUT2D eigenvalue weighted by Gasteiger charge is -2.21. The second kappa shape index (κ2) is 8.53. The highest BCUT2D eigenvalue weighted by Gasteiger charge is 2.13. The van der Waals surface area contributed by atoms with E-state index in [9.17, 15) is 0 Å². The number of rotatable bonds is 9. The Morgan fingerprint density at radius 3 is 2.32 bits per heavy atom. The zero-order valence-corrected chi connectivity index (χ0v) is 13.2. The summed E-state index contributed by atoms with van der Waals surface area (Å²) in [6, 6.07) is 9.89. The third-order valence-electron chi connectivity index (χ3n) is 3.50. The molecule has 0 radical (unpaired) electrons. The minimum atomic E-state index is 0.672. The van der Waals surface area contributed by atoms with Crippen LogP contribution in [0.2, 0.25) is 0 Å². The molecule has 0 unspecified atom stereocenters. The van der Waals surface area contributed by atoms with Gasteiger partial charge in [0.15, 0.2) is 0 Å². The van der Waals surface area contributed by atoms with E-state index in [0.717, 1.165) is 30.9 Å². The van der Waals surface area contributed by atoms with E-state index < -0.39 is 0 Å². The first kappa shape index (κ1) is 16.5. The molecule has 0 saturated heterocycles. The maximum Gasteiger partial charge on any atom is 0.131 e. The van der Waals surface area contributed by atoms with Crippen molar-refractivity contribution in [2.24, 2.45) is 0 Å². The molecule has 0 fully saturated rings. The predicted octanol–water partition coefficient (Wildman–Crippen LogP) is 1.55. The van der Waals surface area contributed by atoms with Gasteiger partial charge in [0.25, 0.3) is 0 Å². The van der Waals surface area contributed by atoms with Crippen LogP contribution in [0, 0.1) is 0 Å². The summed E-state index contributed by atoms with van der Waals surface area (Å²) in [7, 11) is 3.41. The van der Waals surface area contributed by atoms with Crippen molar-refractivity contribution in [2.75, 3.05) is 46.3 Å². The summed E-state index contributed by atoms with van der Waals surface area (Å²) in [5.41, 5.74) is 8.23. The first-order valence-corrected chi connectivity index (χ1v) is 7.34. The minimum absolute atomic E-state index is 0.672. The Hall–Kier alpha value is -1.89. The average Bonchev–Trinajstić information content (AvgIpc) is 2.91. The first-order valence-electron chi connectivity index (χ1n) is 7.34. The Balaban J connectivity index is 2.09. The van der Waals surface area contributed by atoms with Gasteiger partial charge in [-0.1, -0.05) is 18.2 Å². The molecule has 2 N–H and O–H groups in total. The molecule has 0 bridgehead atoms. The van der Waals surface area contributed by atoms with Crippen LogP contribution in [0.25, 0.3) is 5.69 Å². The van der Waals surface area contributed by atoms with Gasteiger partial charge in [-0.05, 0) is 12.1 Å². The third-order valence-corrected chi connectivity index (χ3v) is 3.50. The molecule has 1 heterocycles. The summed E-state index contributed by atoms with van der Waals surface area (Å²) < 4.78 is 12.1. The van der Waals surface area contributed by atoms with Gasteiger partial charge in [0.1, 0.15) is 5.82 Å². The quantitative estimate of drug-likeness (QED) is 0.761. The standard InChI is InChI=1S/C16H24N4O2/c1-21-10-8-19(9-11-22-2)13-14-12-18-20(16(14)17)15-6-4-3-5-7-15/h3-7,12H,8-11,13,17H2,1-2H3. The van der Waals surface area contributed by atoms with Crippen molar-refractivity contribution in [1.82, 2.24) is 14.7 Å². The van der Waals surface area contributed by atoms with Crippen molar-refractivity contribution < 1.29 is 9.47 Å². The van der Waals surface area contributed by atoms with Gasteiger partial charge in [-0.3, -0.25) is 4.90 Å². The van der Waals surface area contributed by atoms with Crippen molar-refractivity contribution >= 4 is 5.82 Å². The van der Waals surface area contributed by atoms with Gasteiger partial charge in [-0.15, -0.1) is 0 Å². The molecule has 0 spiro atoms. The summed E-state index contributed by atoms with van der Waals surface area (Å²) in [5.74, 6) is 0.672. The molecule has 2 aromatic rings. The molecule has 1 aromatic carbocycles. The topological polar surface area (TPSA) is 65.5 Å². The molecule has 0 aliphatic rings. The summed E-state index contributed by atoms with van der Waals surface area (Å²) in [6.07, 6.45) is 1.83. The van der Waals surface area contributed by atoms with Crippen molar-refractivity contribution in [3.05, 3.63) is 42.1 Å². The fraction of sp³-hybridized carbons (Fsp3) is 0.438. The summed E-state index contributed by atoms with van der Waals surface area (Å²) in [5, 5.41) is 4.40. The predicted molar refractivity (Wildman–Crippen MR) is 87.0 cm³/mol. The van der Waals surface area contributed by atoms with Crippen LogP contribution in [0.15, 0.2) is 36.5 Å². The zero-order valence-electron chi connectivity index (χ0n) is 13.2. The Morgan fingerprint density at radius 2 is 1.73 bits per heavy atom. The second-order valence-corrected chi connectivity index (χ2v) is 5.06. The molecular weight excluding hydrogens is 280 g/mol. The Morgan fingerprint density at radius 1 is 1.09 bits per heavy atom. The highest BCUT2D eigenvalue weighted by molar-refractivity contribution is 5.46. The van der Waals surface area contributed by atoms with Gasteiger partial charge < -0.3 is 15.2 Å². The number of nitrogens with zero attached hydrogens (tertiary/aromatic N) is 3. The van der Waals surface area contributed by atoms with Crippen LogP contribution in [-0.4, -0.2) is 55.2 Å². The van der Waals surface area contributed by atoms with Gasteiger partial charge in [-0.25, -0.2) is 4.68 Å². The third kappa shape index (κ3) is 4.30. The van der Waals surface area contributed by atoms with Crippen LogP contribution in [0.1, 0.15) is 5.56 Å². The maximum absolute atomic E-state index is 6.25. The van der Waals surface area contributed by atoms with E-state index in [-0.39, 0.29) is 0 Å². The van der Waals surface area contributed by atoms with E-state index in [4.69, 9.17) is 15.2 Å². The van der Waals surface area contributed by atoms with Crippen LogP contribution in [0.3, 0.4) is 0 Å². The number of nitrogens with two attached hydrogens (primary N) is 1. The van der Waals surface area contributed by atoms with Crippen molar-refractivity contribution in [1.29, 1.82) is 0 Å². The number of benzene rings is 1. The lowest BCUT2D eigenvalue weighted by Crippen LogP contribution is -2.30. The minimum Gasteiger partial charge on any atom is -0.383 e. The lowest BCUT2D eigenvalue weighted by molar-refractivity contribution is 0.110. The molecule has 0 atom stereocenters. The smallest absolute Gasteiger partial charge is 0.131 e. The Labute approximate surface area is 131 Å². The number of hydrogen-bond donors (Lipinski definition) is 1. The molecule has 1 aromatic heterocycles. The highest BCUT2D eigenvalue weighted by Crippen LogP contribution is 2.18. The van der Waals surface area contributed by atoms with Gasteiger partial charge >= 0.3 is 0 Å². The van der Waals surface area contributed by atoms with E-state index in [2.05, 4.69) is 10.00 Å². The van der Waals surface area contributed by atoms with E-state index in [1.807, 2.05) is 36.5 Å². The fourth-order valence-corrected chi connectivity index (χ4v) is 2.24. The second-order valence-electron chi connectivity index (χ2n) is 5.06. The molecule has 0 amide bonds. The van der Waals surface area contributed by atoms with Gasteiger partial charge in [0.2, 0.25) is 0 Å². The summed E-state index contributed by atoms with van der Waals surface area (Å²) in [4.78, 5) is 2.25. The lowest BCUT2D eigenvalue weighted by atomic mass is 10.3. The van der Waals surface area contributed by atoms with Crippen LogP contribution in [0.5, 0.6) is 0 Å². The summed E-state index contributed by atoms with van der Waals surface area (Å²) in [6.45, 7) is 3.74. The van der Waals surface area contributed by atoms with Gasteiger partial charge in [0.05, 0.1) is 25.1 Å². The fourth-order valence-electron chi connectivity index (χ4n) is 2.24. The number of anilines is 1. The van der Waals surface area contributed by atoms with Crippen molar-refractivity contribution in [3.63, 3.8) is 0 Å². The molecule has 22 heavy (non-hydrogen) atoms. The number of hydrogen-bond acceptors (Lipinski definition) is 5. The average molecular weight is 304 g/mol. The van der Waals surface area contributed by atoms with Crippen LogP contribution in [0.4, 0.5) is 5.82 Å². The zero-order chi connectivity index (χ0) is 15.8. The first-order chi connectivity index (χ1) is 10.8. The summed E-state index contributed by atoms with van der Waals surface area (Å²) >= 11 is 0. The monoisotopic (exact) mass is 304 g/mol. The van der Waals surface area contributed by atoms with Gasteiger partial charge in [-0.2, -0.15) is 5.10 Å². The van der Waals surface area contributed by atoms with E-state index >= 15 is 0 Å². The number of para-hydroxylation sites is 1. The molecule has 0 saturated carbocycles. The van der Waals surface area contributed by atoms with E-state index in [1.165, 1.54) is 0 Å². The Bertz CT molecular complexity index is 549.